The van der Waals surface area contributed by atoms with Crippen molar-refractivity contribution in [3.8, 4) is 11.5 Å². The smallest absolute Gasteiger partial charge is 0.335 e. The molecule has 2 N–H and O–H groups in total. The zero-order valence-corrected chi connectivity index (χ0v) is 15.6. The van der Waals surface area contributed by atoms with E-state index < -0.39 is 5.97 Å². The van der Waals surface area contributed by atoms with E-state index in [-0.39, 0.29) is 11.3 Å². The number of aromatic hydroxyl groups is 1. The fourth-order valence-corrected chi connectivity index (χ4v) is 2.80. The number of rotatable bonds is 7. The van der Waals surface area contributed by atoms with Gasteiger partial charge in [-0.3, -0.25) is 0 Å². The minimum absolute atomic E-state index is 0.131. The molecular formula is C23H22NO4+. The van der Waals surface area contributed by atoms with Gasteiger partial charge in [0, 0.05) is 17.7 Å². The number of carbonyl (C=O) groups is 1. The molecule has 5 heteroatoms. The highest BCUT2D eigenvalue weighted by Gasteiger charge is 2.07. The molecule has 0 fully saturated rings. The van der Waals surface area contributed by atoms with Crippen molar-refractivity contribution >= 4 is 18.1 Å². The van der Waals surface area contributed by atoms with E-state index in [1.807, 2.05) is 60.3 Å². The topological polar surface area (TPSA) is 70.6 Å². The van der Waals surface area contributed by atoms with Gasteiger partial charge in [-0.05, 0) is 42.3 Å². The van der Waals surface area contributed by atoms with E-state index in [1.54, 1.807) is 30.3 Å². The van der Waals surface area contributed by atoms with Crippen molar-refractivity contribution in [3.63, 3.8) is 0 Å². The number of carboxylic acids is 1. The molecule has 0 aliphatic rings. The molecule has 0 amide bonds. The number of aromatic nitrogens is 1. The number of aromatic carboxylic acids is 1. The quantitative estimate of drug-likeness (QED) is 0.612. The molecule has 0 saturated carbocycles. The third-order valence-corrected chi connectivity index (χ3v) is 4.21. The Morgan fingerprint density at radius 3 is 2.50 bits per heavy atom. The van der Waals surface area contributed by atoms with Gasteiger partial charge in [-0.25, -0.2) is 9.36 Å². The highest BCUT2D eigenvalue weighted by atomic mass is 16.5. The maximum atomic E-state index is 11.1. The number of phenolic OH excluding ortho intramolecular Hbond substituents is 1. The number of pyridine rings is 1. The van der Waals surface area contributed by atoms with Crippen LogP contribution in [0.5, 0.6) is 11.5 Å². The van der Waals surface area contributed by atoms with Crippen molar-refractivity contribution in [2.45, 2.75) is 13.5 Å². The molecule has 0 aliphatic heterocycles. The normalized spacial score (nSPS) is 10.9. The molecule has 142 valence electrons. The summed E-state index contributed by atoms with van der Waals surface area (Å²) in [4.78, 5) is 11.1. The molecule has 0 spiro atoms. The third-order valence-electron chi connectivity index (χ3n) is 4.21. The van der Waals surface area contributed by atoms with Crippen LogP contribution in [0.2, 0.25) is 0 Å². The summed E-state index contributed by atoms with van der Waals surface area (Å²) >= 11 is 0. The summed E-state index contributed by atoms with van der Waals surface area (Å²) in [6.45, 7) is 2.97. The second-order valence-electron chi connectivity index (χ2n) is 6.30. The molecule has 0 atom stereocenters. The van der Waals surface area contributed by atoms with E-state index in [9.17, 15) is 9.90 Å². The van der Waals surface area contributed by atoms with E-state index in [4.69, 9.17) is 9.84 Å². The van der Waals surface area contributed by atoms with Crippen LogP contribution in [0.15, 0.2) is 67.0 Å². The van der Waals surface area contributed by atoms with Crippen molar-refractivity contribution in [1.29, 1.82) is 0 Å². The summed E-state index contributed by atoms with van der Waals surface area (Å²) in [5.74, 6) is -0.320. The van der Waals surface area contributed by atoms with Gasteiger partial charge in [-0.2, -0.15) is 0 Å². The fourth-order valence-electron chi connectivity index (χ4n) is 2.80. The minimum atomic E-state index is -0.922. The lowest BCUT2D eigenvalue weighted by Gasteiger charge is -2.06. The average Bonchev–Trinajstić information content (AvgIpc) is 2.70. The SMILES string of the molecule is CCOc1cc(/C=C\c2cc[n+](Cc3cccc(C(=O)O)c3)cc2)ccc1O. The van der Waals surface area contributed by atoms with Gasteiger partial charge in [0.1, 0.15) is 0 Å². The van der Waals surface area contributed by atoms with E-state index in [1.165, 1.54) is 0 Å². The highest BCUT2D eigenvalue weighted by molar-refractivity contribution is 5.87. The molecular weight excluding hydrogens is 354 g/mol. The summed E-state index contributed by atoms with van der Waals surface area (Å²) in [7, 11) is 0. The van der Waals surface area contributed by atoms with Crippen molar-refractivity contribution in [2.24, 2.45) is 0 Å². The molecule has 0 aliphatic carbocycles. The lowest BCUT2D eigenvalue weighted by Crippen LogP contribution is -2.33. The van der Waals surface area contributed by atoms with Gasteiger partial charge in [0.15, 0.2) is 30.4 Å². The Morgan fingerprint density at radius 1 is 1.04 bits per heavy atom. The van der Waals surface area contributed by atoms with Crippen LogP contribution in [0.4, 0.5) is 0 Å². The van der Waals surface area contributed by atoms with Gasteiger partial charge in [0.05, 0.1) is 12.2 Å². The Labute approximate surface area is 163 Å². The molecule has 0 saturated heterocycles. The Kier molecular flexibility index (Phi) is 6.07. The van der Waals surface area contributed by atoms with E-state index in [0.29, 0.717) is 18.9 Å². The van der Waals surface area contributed by atoms with E-state index in [2.05, 4.69) is 0 Å². The van der Waals surface area contributed by atoms with Crippen molar-refractivity contribution < 1.29 is 24.3 Å². The van der Waals surface area contributed by atoms with Crippen molar-refractivity contribution in [1.82, 2.24) is 0 Å². The maximum Gasteiger partial charge on any atom is 0.335 e. The van der Waals surface area contributed by atoms with Crippen LogP contribution < -0.4 is 9.30 Å². The van der Waals surface area contributed by atoms with Gasteiger partial charge in [-0.15, -0.1) is 0 Å². The zero-order chi connectivity index (χ0) is 19.9. The Hall–Kier alpha value is -3.60. The van der Waals surface area contributed by atoms with E-state index in [0.717, 1.165) is 16.7 Å². The Morgan fingerprint density at radius 2 is 1.79 bits per heavy atom. The average molecular weight is 376 g/mol. The third kappa shape index (κ3) is 4.98. The van der Waals surface area contributed by atoms with Crippen LogP contribution in [-0.4, -0.2) is 22.8 Å². The first kappa shape index (κ1) is 19.2. The van der Waals surface area contributed by atoms with Gasteiger partial charge in [-0.1, -0.05) is 30.4 Å². The summed E-state index contributed by atoms with van der Waals surface area (Å²) in [5.41, 5.74) is 3.18. The van der Waals surface area contributed by atoms with Gasteiger partial charge >= 0.3 is 5.97 Å². The van der Waals surface area contributed by atoms with Gasteiger partial charge < -0.3 is 14.9 Å². The Balaban J connectivity index is 1.69. The molecule has 2 aromatic carbocycles. The summed E-state index contributed by atoms with van der Waals surface area (Å²) in [5, 5.41) is 18.9. The van der Waals surface area contributed by atoms with Gasteiger partial charge in [0.25, 0.3) is 0 Å². The van der Waals surface area contributed by atoms with Crippen LogP contribution in [-0.2, 0) is 6.54 Å². The standard InChI is InChI=1S/C23H21NO4/c1-2-28-22-15-18(8-9-21(22)25)7-6-17-10-12-24(13-11-17)16-19-4-3-5-20(14-19)23(26)27/h3-15H,2,16H2,1H3,(H,26,27)/p+1. The number of hydrogen-bond donors (Lipinski definition) is 2. The predicted octanol–water partition coefficient (Wildman–Crippen LogP) is 4.00. The lowest BCUT2D eigenvalue weighted by molar-refractivity contribution is -0.688. The number of carboxylic acid groups (broad SMARTS) is 1. The molecule has 5 nitrogen and oxygen atoms in total. The summed E-state index contributed by atoms with van der Waals surface area (Å²) in [6.07, 6.45) is 7.85. The molecule has 1 aromatic heterocycles. The lowest BCUT2D eigenvalue weighted by atomic mass is 10.1. The molecule has 1 heterocycles. The Bertz CT molecular complexity index is 994. The minimum Gasteiger partial charge on any atom is -0.504 e. The summed E-state index contributed by atoms with van der Waals surface area (Å²) in [6, 6.07) is 16.2. The van der Waals surface area contributed by atoms with Crippen LogP contribution >= 0.6 is 0 Å². The fraction of sp³-hybridized carbons (Fsp3) is 0.130. The van der Waals surface area contributed by atoms with Gasteiger partial charge in [0.2, 0.25) is 0 Å². The van der Waals surface area contributed by atoms with Crippen molar-refractivity contribution in [2.75, 3.05) is 6.61 Å². The first-order valence-electron chi connectivity index (χ1n) is 9.00. The molecule has 0 bridgehead atoms. The maximum absolute atomic E-state index is 11.1. The predicted molar refractivity (Wildman–Crippen MR) is 107 cm³/mol. The van der Waals surface area contributed by atoms with E-state index >= 15 is 0 Å². The summed E-state index contributed by atoms with van der Waals surface area (Å²) < 4.78 is 7.39. The second-order valence-corrected chi connectivity index (χ2v) is 6.30. The molecule has 3 aromatic rings. The first-order valence-corrected chi connectivity index (χ1v) is 9.00. The second kappa shape index (κ2) is 8.86. The van der Waals surface area contributed by atoms with Crippen LogP contribution in [0, 0.1) is 0 Å². The number of ether oxygens (including phenoxy) is 1. The first-order chi connectivity index (χ1) is 13.5. The molecule has 28 heavy (non-hydrogen) atoms. The number of phenols is 1. The van der Waals surface area contributed by atoms with Crippen molar-refractivity contribution in [3.05, 3.63) is 89.2 Å². The number of nitrogens with zero attached hydrogens (tertiary/aromatic N) is 1. The monoisotopic (exact) mass is 376 g/mol. The highest BCUT2D eigenvalue weighted by Crippen LogP contribution is 2.27. The van der Waals surface area contributed by atoms with Crippen LogP contribution in [0.25, 0.3) is 12.2 Å². The number of hydrogen-bond acceptors (Lipinski definition) is 3. The molecule has 3 rings (SSSR count). The number of benzene rings is 2. The molecule has 0 unspecified atom stereocenters. The zero-order valence-electron chi connectivity index (χ0n) is 15.6. The largest absolute Gasteiger partial charge is 0.504 e. The van der Waals surface area contributed by atoms with Crippen LogP contribution in [0.3, 0.4) is 0 Å². The van der Waals surface area contributed by atoms with Crippen LogP contribution in [0.1, 0.15) is 34.0 Å². The molecule has 0 radical (unpaired) electrons.